The first-order valence-electron chi connectivity index (χ1n) is 4.66. The summed E-state index contributed by atoms with van der Waals surface area (Å²) < 4.78 is 40.2. The maximum atomic E-state index is 11.9. The Morgan fingerprint density at radius 2 is 2.06 bits per heavy atom. The van der Waals surface area contributed by atoms with Gasteiger partial charge in [0, 0.05) is 12.5 Å². The maximum Gasteiger partial charge on any atom is 0.422 e. The van der Waals surface area contributed by atoms with Gasteiger partial charge in [0.25, 0.3) is 0 Å². The van der Waals surface area contributed by atoms with Crippen molar-refractivity contribution in [2.24, 2.45) is 0 Å². The van der Waals surface area contributed by atoms with Gasteiger partial charge in [0.1, 0.15) is 5.75 Å². The van der Waals surface area contributed by atoms with Crippen molar-refractivity contribution in [2.45, 2.75) is 12.1 Å². The van der Waals surface area contributed by atoms with E-state index >= 15 is 0 Å². The van der Waals surface area contributed by atoms with Crippen LogP contribution in [0.5, 0.6) is 5.75 Å². The third kappa shape index (κ3) is 4.10. The molecule has 0 aliphatic rings. The van der Waals surface area contributed by atoms with Crippen molar-refractivity contribution in [3.8, 4) is 5.75 Å². The topological polar surface area (TPSA) is 29.5 Å². The quantitative estimate of drug-likeness (QED) is 0.865. The van der Waals surface area contributed by atoms with Crippen LogP contribution in [0.15, 0.2) is 24.3 Å². The zero-order valence-corrected chi connectivity index (χ0v) is 8.50. The number of ether oxygens (including phenoxy) is 1. The fourth-order valence-electron chi connectivity index (χ4n) is 1.13. The van der Waals surface area contributed by atoms with Crippen LogP contribution in [-0.2, 0) is 0 Å². The van der Waals surface area contributed by atoms with Crippen molar-refractivity contribution in [3.05, 3.63) is 36.8 Å². The molecule has 1 aromatic carbocycles. The molecule has 0 amide bonds. The Hall–Kier alpha value is -1.23. The fourth-order valence-corrected chi connectivity index (χ4v) is 1.13. The summed E-state index contributed by atoms with van der Waals surface area (Å²) in [6.07, 6.45) is -4.35. The lowest BCUT2D eigenvalue weighted by molar-refractivity contribution is -0.153. The molecule has 1 aromatic rings. The monoisotopic (exact) mass is 233 g/mol. The van der Waals surface area contributed by atoms with Crippen LogP contribution in [0.4, 0.5) is 13.2 Å². The van der Waals surface area contributed by atoms with Crippen molar-refractivity contribution in [1.82, 2.24) is 0 Å². The average Bonchev–Trinajstić information content (AvgIpc) is 2.25. The standard InChI is InChI=1S/C11H12F3O2/c1-8(6-15)9-3-2-4-10(5-9)16-7-11(12,13)14/h2-5,8,15H,1,6-7H2. The highest BCUT2D eigenvalue weighted by molar-refractivity contribution is 5.31. The van der Waals surface area contributed by atoms with E-state index < -0.39 is 12.8 Å². The minimum atomic E-state index is -4.35. The lowest BCUT2D eigenvalue weighted by atomic mass is 10.0. The zero-order chi connectivity index (χ0) is 12.2. The molecule has 0 heterocycles. The van der Waals surface area contributed by atoms with Crippen molar-refractivity contribution in [1.29, 1.82) is 0 Å². The molecule has 0 saturated carbocycles. The van der Waals surface area contributed by atoms with Crippen LogP contribution in [0.3, 0.4) is 0 Å². The van der Waals surface area contributed by atoms with Crippen LogP contribution in [0.2, 0.25) is 0 Å². The molecule has 0 aliphatic carbocycles. The number of rotatable bonds is 4. The molecule has 5 heteroatoms. The van der Waals surface area contributed by atoms with E-state index in [1.54, 1.807) is 12.1 Å². The van der Waals surface area contributed by atoms with E-state index in [0.29, 0.717) is 5.56 Å². The number of halogens is 3. The summed E-state index contributed by atoms with van der Waals surface area (Å²) in [4.78, 5) is 0. The molecule has 1 atom stereocenters. The van der Waals surface area contributed by atoms with Gasteiger partial charge in [-0.1, -0.05) is 12.1 Å². The summed E-state index contributed by atoms with van der Waals surface area (Å²) >= 11 is 0. The summed E-state index contributed by atoms with van der Waals surface area (Å²) in [6, 6.07) is 6.11. The number of hydrogen-bond acceptors (Lipinski definition) is 2. The first kappa shape index (κ1) is 12.8. The largest absolute Gasteiger partial charge is 0.484 e. The molecule has 89 valence electrons. The number of aliphatic hydroxyl groups is 1. The highest BCUT2D eigenvalue weighted by Gasteiger charge is 2.28. The summed E-state index contributed by atoms with van der Waals surface area (Å²) in [6.45, 7) is 2.16. The maximum absolute atomic E-state index is 11.9. The molecular formula is C11H12F3O2. The van der Waals surface area contributed by atoms with E-state index in [0.717, 1.165) is 0 Å². The summed E-state index contributed by atoms with van der Waals surface area (Å²) in [5, 5.41) is 8.85. The molecule has 1 N–H and O–H groups in total. The Bertz CT molecular complexity index is 336. The lowest BCUT2D eigenvalue weighted by Crippen LogP contribution is -2.19. The predicted molar refractivity (Wildman–Crippen MR) is 53.2 cm³/mol. The molecule has 1 rings (SSSR count). The van der Waals surface area contributed by atoms with Gasteiger partial charge in [-0.15, -0.1) is 0 Å². The molecule has 1 unspecified atom stereocenters. The van der Waals surface area contributed by atoms with E-state index in [1.165, 1.54) is 12.1 Å². The van der Waals surface area contributed by atoms with Crippen molar-refractivity contribution >= 4 is 0 Å². The first-order chi connectivity index (χ1) is 7.42. The van der Waals surface area contributed by atoms with Gasteiger partial charge in [-0.25, -0.2) is 0 Å². The molecule has 1 radical (unpaired) electrons. The molecule has 0 spiro atoms. The van der Waals surface area contributed by atoms with Gasteiger partial charge < -0.3 is 9.84 Å². The van der Waals surface area contributed by atoms with Crippen molar-refractivity contribution in [2.75, 3.05) is 13.2 Å². The minimum absolute atomic E-state index is 0.122. The smallest absolute Gasteiger partial charge is 0.422 e. The van der Waals surface area contributed by atoms with Gasteiger partial charge in [0.05, 0.1) is 0 Å². The third-order valence-corrected chi connectivity index (χ3v) is 1.95. The Balaban J connectivity index is 2.68. The average molecular weight is 233 g/mol. The number of benzene rings is 1. The van der Waals surface area contributed by atoms with E-state index in [1.807, 2.05) is 0 Å². The number of aliphatic hydroxyl groups excluding tert-OH is 1. The second-order valence-corrected chi connectivity index (χ2v) is 3.36. The Labute approximate surface area is 91.7 Å². The predicted octanol–water partition coefficient (Wildman–Crippen LogP) is 2.54. The van der Waals surface area contributed by atoms with Crippen LogP contribution in [0.25, 0.3) is 0 Å². The van der Waals surface area contributed by atoms with E-state index in [2.05, 4.69) is 11.7 Å². The van der Waals surface area contributed by atoms with Crippen molar-refractivity contribution < 1.29 is 23.0 Å². The first-order valence-corrected chi connectivity index (χ1v) is 4.66. The highest BCUT2D eigenvalue weighted by atomic mass is 19.4. The second-order valence-electron chi connectivity index (χ2n) is 3.36. The van der Waals surface area contributed by atoms with Gasteiger partial charge >= 0.3 is 6.18 Å². The second kappa shape index (κ2) is 5.21. The minimum Gasteiger partial charge on any atom is -0.484 e. The molecule has 0 fully saturated rings. The van der Waals surface area contributed by atoms with Crippen LogP contribution in [-0.4, -0.2) is 24.5 Å². The van der Waals surface area contributed by atoms with E-state index in [4.69, 9.17) is 5.11 Å². The van der Waals surface area contributed by atoms with Gasteiger partial charge in [-0.2, -0.15) is 13.2 Å². The van der Waals surface area contributed by atoms with Crippen LogP contribution >= 0.6 is 0 Å². The van der Waals surface area contributed by atoms with Gasteiger partial charge in [0.2, 0.25) is 0 Å². The normalized spacial score (nSPS) is 13.6. The van der Waals surface area contributed by atoms with Crippen LogP contribution < -0.4 is 4.74 Å². The third-order valence-electron chi connectivity index (χ3n) is 1.95. The Morgan fingerprint density at radius 1 is 1.38 bits per heavy atom. The van der Waals surface area contributed by atoms with Crippen molar-refractivity contribution in [3.63, 3.8) is 0 Å². The fraction of sp³-hybridized carbons (Fsp3) is 0.364. The molecule has 2 nitrogen and oxygen atoms in total. The highest BCUT2D eigenvalue weighted by Crippen LogP contribution is 2.22. The van der Waals surface area contributed by atoms with Gasteiger partial charge in [-0.3, -0.25) is 0 Å². The molecule has 0 saturated heterocycles. The zero-order valence-electron chi connectivity index (χ0n) is 8.50. The van der Waals surface area contributed by atoms with E-state index in [-0.39, 0.29) is 18.3 Å². The summed E-state index contributed by atoms with van der Waals surface area (Å²) in [7, 11) is 0. The molecule has 0 aromatic heterocycles. The molecule has 0 aliphatic heterocycles. The number of hydrogen-bond donors (Lipinski definition) is 1. The van der Waals surface area contributed by atoms with Gasteiger partial charge in [-0.05, 0) is 24.6 Å². The summed E-state index contributed by atoms with van der Waals surface area (Å²) in [5.74, 6) is -0.244. The molecule has 16 heavy (non-hydrogen) atoms. The van der Waals surface area contributed by atoms with Gasteiger partial charge in [0.15, 0.2) is 6.61 Å². The Kier molecular flexibility index (Phi) is 4.18. The molecule has 0 bridgehead atoms. The van der Waals surface area contributed by atoms with E-state index in [9.17, 15) is 13.2 Å². The SMILES string of the molecule is [CH2]C(CO)c1cccc(OCC(F)(F)F)c1. The number of alkyl halides is 3. The Morgan fingerprint density at radius 3 is 2.62 bits per heavy atom. The summed E-state index contributed by atoms with van der Waals surface area (Å²) in [5.41, 5.74) is 0.641. The van der Waals surface area contributed by atoms with Crippen LogP contribution in [0.1, 0.15) is 11.5 Å². The molecular weight excluding hydrogens is 221 g/mol. The lowest BCUT2D eigenvalue weighted by Gasteiger charge is -2.12. The van der Waals surface area contributed by atoms with Crippen LogP contribution in [0, 0.1) is 6.92 Å².